The Morgan fingerprint density at radius 2 is 2.12 bits per heavy atom. The summed E-state index contributed by atoms with van der Waals surface area (Å²) in [6, 6.07) is 2.93. The van der Waals surface area contributed by atoms with E-state index >= 15 is 0 Å². The summed E-state index contributed by atoms with van der Waals surface area (Å²) in [6.45, 7) is 1.70. The standard InChI is InChI=1S/C19H25ClN2O4/c1-10(13-6-11-3-4-12(13)5-11)22-18(23)9-26-19(24)14-7-15(20)16(21)8-17(14)25-2/h7-8,10-13H,3-6,9,21H2,1-2H3,(H,22,23). The van der Waals surface area contributed by atoms with Crippen molar-refractivity contribution in [1.82, 2.24) is 5.32 Å². The van der Waals surface area contributed by atoms with E-state index in [0.29, 0.717) is 11.6 Å². The third-order valence-electron chi connectivity index (χ3n) is 5.70. The zero-order valence-corrected chi connectivity index (χ0v) is 15.8. The van der Waals surface area contributed by atoms with Gasteiger partial charge in [-0.05, 0) is 50.0 Å². The lowest BCUT2D eigenvalue weighted by molar-refractivity contribution is -0.125. The number of benzene rings is 1. The number of carbonyl (C=O) groups is 2. The molecule has 2 fully saturated rings. The molecule has 4 unspecified atom stereocenters. The molecule has 0 saturated heterocycles. The molecule has 0 aromatic heterocycles. The van der Waals surface area contributed by atoms with Gasteiger partial charge in [-0.25, -0.2) is 4.79 Å². The number of rotatable bonds is 6. The fourth-order valence-electron chi connectivity index (χ4n) is 4.42. The van der Waals surface area contributed by atoms with Crippen molar-refractivity contribution in [2.45, 2.75) is 38.6 Å². The smallest absolute Gasteiger partial charge is 0.342 e. The summed E-state index contributed by atoms with van der Waals surface area (Å²) in [7, 11) is 1.42. The summed E-state index contributed by atoms with van der Waals surface area (Å²) < 4.78 is 10.3. The Bertz CT molecular complexity index is 709. The van der Waals surface area contributed by atoms with E-state index in [9.17, 15) is 9.59 Å². The highest BCUT2D eigenvalue weighted by molar-refractivity contribution is 6.33. The number of nitrogens with one attached hydrogen (secondary N) is 1. The van der Waals surface area contributed by atoms with Gasteiger partial charge in [0, 0.05) is 12.1 Å². The summed E-state index contributed by atoms with van der Waals surface area (Å²) in [6.07, 6.45) is 5.07. The topological polar surface area (TPSA) is 90.7 Å². The minimum Gasteiger partial charge on any atom is -0.496 e. The van der Waals surface area contributed by atoms with Crippen LogP contribution in [0.5, 0.6) is 5.75 Å². The number of methoxy groups -OCH3 is 1. The monoisotopic (exact) mass is 380 g/mol. The fourth-order valence-corrected chi connectivity index (χ4v) is 4.58. The first-order valence-electron chi connectivity index (χ1n) is 8.98. The Kier molecular flexibility index (Phi) is 5.61. The Morgan fingerprint density at radius 1 is 1.35 bits per heavy atom. The molecule has 2 saturated carbocycles. The summed E-state index contributed by atoms with van der Waals surface area (Å²) in [5, 5.41) is 3.20. The Balaban J connectivity index is 1.53. The highest BCUT2D eigenvalue weighted by atomic mass is 35.5. The zero-order valence-electron chi connectivity index (χ0n) is 15.1. The highest BCUT2D eigenvalue weighted by Crippen LogP contribution is 2.49. The van der Waals surface area contributed by atoms with Gasteiger partial charge in [0.15, 0.2) is 6.61 Å². The minimum atomic E-state index is -0.675. The van der Waals surface area contributed by atoms with E-state index in [4.69, 9.17) is 26.8 Å². The van der Waals surface area contributed by atoms with Crippen LogP contribution in [0, 0.1) is 17.8 Å². The van der Waals surface area contributed by atoms with Crippen LogP contribution < -0.4 is 15.8 Å². The van der Waals surface area contributed by atoms with Gasteiger partial charge in [0.1, 0.15) is 11.3 Å². The van der Waals surface area contributed by atoms with Crippen molar-refractivity contribution in [3.05, 3.63) is 22.7 Å². The number of amides is 1. The van der Waals surface area contributed by atoms with Crippen LogP contribution in [0.25, 0.3) is 0 Å². The molecule has 142 valence electrons. The van der Waals surface area contributed by atoms with Gasteiger partial charge in [0.2, 0.25) is 0 Å². The summed E-state index contributed by atoms with van der Waals surface area (Å²) in [5.41, 5.74) is 6.14. The van der Waals surface area contributed by atoms with E-state index in [1.54, 1.807) is 0 Å². The van der Waals surface area contributed by atoms with E-state index in [1.807, 2.05) is 6.92 Å². The molecule has 2 aliphatic carbocycles. The van der Waals surface area contributed by atoms with Crippen LogP contribution in [0.3, 0.4) is 0 Å². The molecule has 2 bridgehead atoms. The zero-order chi connectivity index (χ0) is 18.8. The molecule has 0 spiro atoms. The predicted octanol–water partition coefficient (Wildman–Crippen LogP) is 3.03. The highest BCUT2D eigenvalue weighted by Gasteiger charge is 2.42. The molecule has 0 aliphatic heterocycles. The molecule has 1 aromatic rings. The van der Waals surface area contributed by atoms with Crippen LogP contribution in [0.1, 0.15) is 43.0 Å². The van der Waals surface area contributed by atoms with E-state index < -0.39 is 5.97 Å². The lowest BCUT2D eigenvalue weighted by Crippen LogP contribution is -2.42. The number of esters is 1. The van der Waals surface area contributed by atoms with E-state index in [-0.39, 0.29) is 34.9 Å². The first-order valence-corrected chi connectivity index (χ1v) is 9.36. The van der Waals surface area contributed by atoms with Crippen LogP contribution in [0.15, 0.2) is 12.1 Å². The van der Waals surface area contributed by atoms with Crippen LogP contribution in [0.2, 0.25) is 5.02 Å². The van der Waals surface area contributed by atoms with Crippen molar-refractivity contribution in [3.63, 3.8) is 0 Å². The third-order valence-corrected chi connectivity index (χ3v) is 6.02. The van der Waals surface area contributed by atoms with Gasteiger partial charge in [-0.2, -0.15) is 0 Å². The largest absolute Gasteiger partial charge is 0.496 e. The molecule has 3 rings (SSSR count). The van der Waals surface area contributed by atoms with Crippen molar-refractivity contribution in [1.29, 1.82) is 0 Å². The van der Waals surface area contributed by atoms with Crippen molar-refractivity contribution >= 4 is 29.2 Å². The SMILES string of the molecule is COc1cc(N)c(Cl)cc1C(=O)OCC(=O)NC(C)C1CC2CCC1C2. The number of hydrogen-bond acceptors (Lipinski definition) is 5. The number of ether oxygens (including phenoxy) is 2. The average Bonchev–Trinajstić information content (AvgIpc) is 3.25. The molecule has 3 N–H and O–H groups in total. The van der Waals surface area contributed by atoms with Gasteiger partial charge in [-0.3, -0.25) is 4.79 Å². The second kappa shape index (κ2) is 7.74. The van der Waals surface area contributed by atoms with E-state index in [2.05, 4.69) is 5.32 Å². The van der Waals surface area contributed by atoms with Gasteiger partial charge in [-0.1, -0.05) is 18.0 Å². The van der Waals surface area contributed by atoms with Crippen LogP contribution in [-0.2, 0) is 9.53 Å². The number of fused-ring (bicyclic) bond motifs is 2. The minimum absolute atomic E-state index is 0.0945. The molecule has 7 heteroatoms. The normalized spacial score (nSPS) is 25.0. The first kappa shape index (κ1) is 18.8. The predicted molar refractivity (Wildman–Crippen MR) is 99.2 cm³/mol. The summed E-state index contributed by atoms with van der Waals surface area (Å²) in [5.74, 6) is 1.36. The van der Waals surface area contributed by atoms with Gasteiger partial charge in [0.05, 0.1) is 17.8 Å². The fraction of sp³-hybridized carbons (Fsp3) is 0.579. The lowest BCUT2D eigenvalue weighted by atomic mass is 9.84. The molecular formula is C19H25ClN2O4. The second-order valence-corrected chi connectivity index (χ2v) is 7.75. The molecule has 4 atom stereocenters. The second-order valence-electron chi connectivity index (χ2n) is 7.35. The molecular weight excluding hydrogens is 356 g/mol. The molecule has 6 nitrogen and oxygen atoms in total. The number of hydrogen-bond donors (Lipinski definition) is 2. The van der Waals surface area contributed by atoms with Crippen LogP contribution >= 0.6 is 11.6 Å². The van der Waals surface area contributed by atoms with Crippen molar-refractivity contribution < 1.29 is 19.1 Å². The van der Waals surface area contributed by atoms with Crippen molar-refractivity contribution in [3.8, 4) is 5.75 Å². The maximum atomic E-state index is 12.3. The lowest BCUT2D eigenvalue weighted by Gasteiger charge is -2.28. The Labute approximate surface area is 158 Å². The number of carbonyl (C=O) groups excluding carboxylic acids is 2. The third kappa shape index (κ3) is 3.90. The van der Waals surface area contributed by atoms with Crippen molar-refractivity contribution in [2.24, 2.45) is 17.8 Å². The van der Waals surface area contributed by atoms with Gasteiger partial charge >= 0.3 is 5.97 Å². The number of nitrogen functional groups attached to an aromatic ring is 1. The number of anilines is 1. The quantitative estimate of drug-likeness (QED) is 0.584. The average molecular weight is 381 g/mol. The summed E-state index contributed by atoms with van der Waals surface area (Å²) >= 11 is 5.95. The Hall–Kier alpha value is -1.95. The molecule has 1 aromatic carbocycles. The van der Waals surface area contributed by atoms with Crippen LogP contribution in [0.4, 0.5) is 5.69 Å². The summed E-state index contributed by atoms with van der Waals surface area (Å²) in [4.78, 5) is 24.4. The number of halogens is 1. The maximum Gasteiger partial charge on any atom is 0.342 e. The van der Waals surface area contributed by atoms with E-state index in [1.165, 1.54) is 44.9 Å². The maximum absolute atomic E-state index is 12.3. The molecule has 26 heavy (non-hydrogen) atoms. The van der Waals surface area contributed by atoms with Crippen molar-refractivity contribution in [2.75, 3.05) is 19.5 Å². The molecule has 0 heterocycles. The molecule has 2 aliphatic rings. The Morgan fingerprint density at radius 3 is 2.73 bits per heavy atom. The first-order chi connectivity index (χ1) is 12.4. The molecule has 0 radical (unpaired) electrons. The van der Waals surface area contributed by atoms with Gasteiger partial charge in [0.25, 0.3) is 5.91 Å². The van der Waals surface area contributed by atoms with Gasteiger partial charge < -0.3 is 20.5 Å². The number of nitrogens with two attached hydrogens (primary N) is 1. The van der Waals surface area contributed by atoms with Gasteiger partial charge in [-0.15, -0.1) is 0 Å². The van der Waals surface area contributed by atoms with E-state index in [0.717, 1.165) is 11.8 Å². The molecule has 1 amide bonds. The van der Waals surface area contributed by atoms with Crippen LogP contribution in [-0.4, -0.2) is 31.6 Å².